The average Bonchev–Trinajstić information content (AvgIpc) is 3.28. The van der Waals surface area contributed by atoms with Crippen molar-refractivity contribution in [2.45, 2.75) is 38.3 Å². The van der Waals surface area contributed by atoms with Gasteiger partial charge in [-0.3, -0.25) is 4.90 Å². The van der Waals surface area contributed by atoms with Gasteiger partial charge in [0.1, 0.15) is 0 Å². The first-order chi connectivity index (χ1) is 9.72. The van der Waals surface area contributed by atoms with E-state index in [1.165, 1.54) is 55.4 Å². The van der Waals surface area contributed by atoms with E-state index in [1.807, 2.05) is 6.07 Å². The predicted octanol–water partition coefficient (Wildman–Crippen LogP) is 4.07. The van der Waals surface area contributed by atoms with E-state index in [-0.39, 0.29) is 0 Å². The second-order valence-electron chi connectivity index (χ2n) is 6.11. The Kier molecular flexibility index (Phi) is 5.03. The van der Waals surface area contributed by atoms with Crippen LogP contribution >= 0.6 is 27.5 Å². The normalized spacial score (nSPS) is 23.2. The van der Waals surface area contributed by atoms with Crippen LogP contribution in [-0.4, -0.2) is 30.6 Å². The summed E-state index contributed by atoms with van der Waals surface area (Å²) in [7, 11) is 0. The van der Waals surface area contributed by atoms with Gasteiger partial charge in [-0.15, -0.1) is 0 Å². The second kappa shape index (κ2) is 6.78. The number of hydrogen-bond acceptors (Lipinski definition) is 2. The summed E-state index contributed by atoms with van der Waals surface area (Å²) < 4.78 is 1.18. The zero-order valence-electron chi connectivity index (χ0n) is 11.7. The minimum atomic E-state index is 0.794. The molecule has 1 saturated heterocycles. The molecule has 20 heavy (non-hydrogen) atoms. The Morgan fingerprint density at radius 1 is 1.30 bits per heavy atom. The topological polar surface area (TPSA) is 15.3 Å². The fourth-order valence-corrected chi connectivity index (χ4v) is 3.64. The van der Waals surface area contributed by atoms with Gasteiger partial charge in [-0.1, -0.05) is 27.5 Å². The third kappa shape index (κ3) is 3.97. The molecule has 1 saturated carbocycles. The summed E-state index contributed by atoms with van der Waals surface area (Å²) in [5, 5.41) is 4.36. The molecular weight excluding hydrogens is 336 g/mol. The minimum absolute atomic E-state index is 0.794. The fourth-order valence-electron chi connectivity index (χ4n) is 3.08. The highest BCUT2D eigenvalue weighted by Crippen LogP contribution is 2.32. The molecule has 0 bridgehead atoms. The van der Waals surface area contributed by atoms with Gasteiger partial charge in [-0.25, -0.2) is 0 Å². The van der Waals surface area contributed by atoms with Crippen molar-refractivity contribution in [2.75, 3.05) is 19.6 Å². The summed E-state index contributed by atoms with van der Waals surface area (Å²) >= 11 is 9.79. The van der Waals surface area contributed by atoms with Crippen LogP contribution in [0, 0.1) is 5.92 Å². The smallest absolute Gasteiger partial charge is 0.0410 e. The molecular formula is C16H22BrClN2. The van der Waals surface area contributed by atoms with Gasteiger partial charge in [0, 0.05) is 28.6 Å². The molecule has 0 aromatic heterocycles. The molecule has 0 amide bonds. The molecule has 110 valence electrons. The van der Waals surface area contributed by atoms with Crippen molar-refractivity contribution >= 4 is 27.5 Å². The average molecular weight is 358 g/mol. The Morgan fingerprint density at radius 2 is 2.15 bits per heavy atom. The maximum Gasteiger partial charge on any atom is 0.0410 e. The van der Waals surface area contributed by atoms with Crippen LogP contribution < -0.4 is 5.32 Å². The monoisotopic (exact) mass is 356 g/mol. The van der Waals surface area contributed by atoms with Crippen LogP contribution in [0.5, 0.6) is 0 Å². The van der Waals surface area contributed by atoms with Gasteiger partial charge >= 0.3 is 0 Å². The Morgan fingerprint density at radius 3 is 2.85 bits per heavy atom. The molecule has 1 aliphatic carbocycles. The van der Waals surface area contributed by atoms with Crippen LogP contribution in [0.15, 0.2) is 22.7 Å². The van der Waals surface area contributed by atoms with E-state index in [0.717, 1.165) is 23.5 Å². The molecule has 1 aliphatic heterocycles. The number of nitrogens with one attached hydrogen (secondary N) is 1. The maximum absolute atomic E-state index is 6.14. The number of hydrogen-bond donors (Lipinski definition) is 1. The first kappa shape index (κ1) is 14.8. The molecule has 4 heteroatoms. The van der Waals surface area contributed by atoms with E-state index >= 15 is 0 Å². The Labute approximate surface area is 135 Å². The zero-order chi connectivity index (χ0) is 13.9. The number of benzene rings is 1. The van der Waals surface area contributed by atoms with Crippen LogP contribution in [0.2, 0.25) is 5.02 Å². The van der Waals surface area contributed by atoms with E-state index in [2.05, 4.69) is 38.3 Å². The van der Waals surface area contributed by atoms with Gasteiger partial charge in [-0.2, -0.15) is 0 Å². The van der Waals surface area contributed by atoms with Crippen LogP contribution in [0.3, 0.4) is 0 Å². The van der Waals surface area contributed by atoms with Gasteiger partial charge in [0.05, 0.1) is 0 Å². The molecule has 1 N–H and O–H groups in total. The van der Waals surface area contributed by atoms with Crippen molar-refractivity contribution in [1.82, 2.24) is 10.2 Å². The van der Waals surface area contributed by atoms with Crippen LogP contribution in [0.4, 0.5) is 0 Å². The van der Waals surface area contributed by atoms with Crippen molar-refractivity contribution in [2.24, 2.45) is 5.92 Å². The fraction of sp³-hybridized carbons (Fsp3) is 0.625. The lowest BCUT2D eigenvalue weighted by Crippen LogP contribution is -2.39. The zero-order valence-corrected chi connectivity index (χ0v) is 14.1. The molecule has 1 aromatic rings. The summed E-state index contributed by atoms with van der Waals surface area (Å²) in [5.74, 6) is 0.808. The van der Waals surface area contributed by atoms with Gasteiger partial charge in [0.15, 0.2) is 0 Å². The molecule has 0 spiro atoms. The highest BCUT2D eigenvalue weighted by molar-refractivity contribution is 9.10. The highest BCUT2D eigenvalue weighted by atomic mass is 79.9. The lowest BCUT2D eigenvalue weighted by Gasteiger charge is -2.30. The van der Waals surface area contributed by atoms with Crippen LogP contribution in [-0.2, 0) is 6.54 Å². The lowest BCUT2D eigenvalue weighted by molar-refractivity contribution is 0.192. The SMILES string of the molecule is Clc1ccc(Br)c(CN(CC2CCCNC2)C2CC2)c1. The van der Waals surface area contributed by atoms with Crippen LogP contribution in [0.25, 0.3) is 0 Å². The van der Waals surface area contributed by atoms with Crippen molar-refractivity contribution in [3.05, 3.63) is 33.3 Å². The molecule has 0 radical (unpaired) electrons. The van der Waals surface area contributed by atoms with E-state index in [9.17, 15) is 0 Å². The van der Waals surface area contributed by atoms with Gasteiger partial charge in [0.25, 0.3) is 0 Å². The molecule has 1 aromatic carbocycles. The van der Waals surface area contributed by atoms with E-state index in [0.29, 0.717) is 0 Å². The van der Waals surface area contributed by atoms with Crippen molar-refractivity contribution in [3.8, 4) is 0 Å². The van der Waals surface area contributed by atoms with Gasteiger partial charge in [0.2, 0.25) is 0 Å². The van der Waals surface area contributed by atoms with E-state index in [4.69, 9.17) is 11.6 Å². The maximum atomic E-state index is 6.14. The quantitative estimate of drug-likeness (QED) is 0.854. The predicted molar refractivity (Wildman–Crippen MR) is 88.2 cm³/mol. The molecule has 3 rings (SSSR count). The van der Waals surface area contributed by atoms with E-state index in [1.54, 1.807) is 0 Å². The summed E-state index contributed by atoms with van der Waals surface area (Å²) in [6.45, 7) is 4.61. The van der Waals surface area contributed by atoms with Crippen molar-refractivity contribution in [3.63, 3.8) is 0 Å². The summed E-state index contributed by atoms with van der Waals surface area (Å²) in [6.07, 6.45) is 5.41. The number of nitrogens with zero attached hydrogens (tertiary/aromatic N) is 1. The third-order valence-corrected chi connectivity index (χ3v) is 5.34. The number of halogens is 2. The Bertz CT molecular complexity index is 456. The highest BCUT2D eigenvalue weighted by Gasteiger charge is 2.31. The van der Waals surface area contributed by atoms with Crippen molar-refractivity contribution in [1.29, 1.82) is 0 Å². The number of rotatable bonds is 5. The largest absolute Gasteiger partial charge is 0.316 e. The summed E-state index contributed by atoms with van der Waals surface area (Å²) in [6, 6.07) is 6.90. The molecule has 1 atom stereocenters. The van der Waals surface area contributed by atoms with Gasteiger partial charge < -0.3 is 5.32 Å². The molecule has 1 unspecified atom stereocenters. The van der Waals surface area contributed by atoms with Crippen molar-refractivity contribution < 1.29 is 0 Å². The minimum Gasteiger partial charge on any atom is -0.316 e. The first-order valence-corrected chi connectivity index (χ1v) is 8.78. The number of piperidine rings is 1. The molecule has 2 fully saturated rings. The lowest BCUT2D eigenvalue weighted by atomic mass is 9.98. The Hall–Kier alpha value is -0.0900. The summed E-state index contributed by atoms with van der Waals surface area (Å²) in [4.78, 5) is 2.66. The van der Waals surface area contributed by atoms with E-state index < -0.39 is 0 Å². The summed E-state index contributed by atoms with van der Waals surface area (Å²) in [5.41, 5.74) is 1.31. The molecule has 2 aliphatic rings. The molecule has 2 nitrogen and oxygen atoms in total. The van der Waals surface area contributed by atoms with Crippen LogP contribution in [0.1, 0.15) is 31.2 Å². The molecule has 1 heterocycles. The third-order valence-electron chi connectivity index (χ3n) is 4.34. The second-order valence-corrected chi connectivity index (χ2v) is 7.40. The Balaban J connectivity index is 1.66. The van der Waals surface area contributed by atoms with Gasteiger partial charge in [-0.05, 0) is 68.5 Å². The standard InChI is InChI=1S/C16H22BrClN2/c17-16-6-3-14(18)8-13(16)11-20(15-4-5-15)10-12-2-1-7-19-9-12/h3,6,8,12,15,19H,1-2,4-5,7,9-11H2. The first-order valence-electron chi connectivity index (χ1n) is 7.61.